The van der Waals surface area contributed by atoms with Crippen molar-refractivity contribution in [2.45, 2.75) is 16.3 Å². The Hall–Kier alpha value is -3.36. The Morgan fingerprint density at radius 2 is 2.03 bits per heavy atom. The van der Waals surface area contributed by atoms with Gasteiger partial charge in [0.25, 0.3) is 5.69 Å². The first-order valence-corrected chi connectivity index (χ1v) is 10.6. The van der Waals surface area contributed by atoms with E-state index in [-0.39, 0.29) is 10.6 Å². The third kappa shape index (κ3) is 4.87. The van der Waals surface area contributed by atoms with Crippen molar-refractivity contribution in [1.82, 2.24) is 9.55 Å². The second kappa shape index (κ2) is 9.63. The predicted molar refractivity (Wildman–Crippen MR) is 123 cm³/mol. The molecule has 0 spiro atoms. The van der Waals surface area contributed by atoms with Crippen LogP contribution in [0.3, 0.4) is 0 Å². The largest absolute Gasteiger partial charge is 0.383 e. The lowest BCUT2D eigenvalue weighted by Crippen LogP contribution is -2.07. The average Bonchev–Trinajstić information content (AvgIpc) is 3.11. The van der Waals surface area contributed by atoms with Crippen molar-refractivity contribution in [3.8, 4) is 0 Å². The summed E-state index contributed by atoms with van der Waals surface area (Å²) in [5, 5.41) is 15.9. The minimum atomic E-state index is -0.338. The zero-order valence-electron chi connectivity index (χ0n) is 17.0. The van der Waals surface area contributed by atoms with E-state index in [4.69, 9.17) is 4.74 Å². The van der Waals surface area contributed by atoms with Gasteiger partial charge in [-0.05, 0) is 35.9 Å². The van der Waals surface area contributed by atoms with Gasteiger partial charge in [0.1, 0.15) is 0 Å². The quantitative estimate of drug-likeness (QED) is 0.221. The summed E-state index contributed by atoms with van der Waals surface area (Å²) in [5.41, 5.74) is 3.24. The van der Waals surface area contributed by atoms with Gasteiger partial charge < -0.3 is 14.6 Å². The molecule has 0 saturated heterocycles. The molecule has 0 aliphatic heterocycles. The number of aromatic nitrogens is 2. The molecule has 0 fully saturated rings. The first kappa shape index (κ1) is 20.9. The van der Waals surface area contributed by atoms with Gasteiger partial charge in [-0.15, -0.1) is 0 Å². The van der Waals surface area contributed by atoms with Gasteiger partial charge in [0, 0.05) is 60.8 Å². The molecule has 2 aromatic carbocycles. The highest BCUT2D eigenvalue weighted by Gasteiger charge is 2.17. The number of nitro groups is 1. The number of para-hydroxylation sites is 1. The zero-order valence-corrected chi connectivity index (χ0v) is 17.8. The second-order valence-electron chi connectivity index (χ2n) is 6.96. The number of fused-ring (bicyclic) bond motifs is 1. The van der Waals surface area contributed by atoms with E-state index in [0.717, 1.165) is 27.0 Å². The van der Waals surface area contributed by atoms with Crippen LogP contribution in [0.5, 0.6) is 0 Å². The number of hydrogen-bond acceptors (Lipinski definition) is 6. The van der Waals surface area contributed by atoms with E-state index >= 15 is 0 Å². The molecule has 8 heteroatoms. The van der Waals surface area contributed by atoms with Crippen LogP contribution in [0.25, 0.3) is 10.9 Å². The molecule has 0 unspecified atom stereocenters. The van der Waals surface area contributed by atoms with Crippen molar-refractivity contribution >= 4 is 34.0 Å². The molecule has 4 rings (SSSR count). The van der Waals surface area contributed by atoms with E-state index in [1.807, 2.05) is 30.5 Å². The van der Waals surface area contributed by atoms with Crippen LogP contribution in [-0.4, -0.2) is 34.7 Å². The fourth-order valence-electron chi connectivity index (χ4n) is 3.38. The summed E-state index contributed by atoms with van der Waals surface area (Å²) >= 11 is 1.41. The number of nitrogens with one attached hydrogen (secondary N) is 1. The maximum Gasteiger partial charge on any atom is 0.283 e. The smallest absolute Gasteiger partial charge is 0.283 e. The number of rotatable bonds is 9. The maximum absolute atomic E-state index is 11.5. The Kier molecular flexibility index (Phi) is 6.49. The second-order valence-corrected chi connectivity index (χ2v) is 8.04. The van der Waals surface area contributed by atoms with Gasteiger partial charge in [-0.1, -0.05) is 30.0 Å². The van der Waals surface area contributed by atoms with Gasteiger partial charge in [0.05, 0.1) is 21.9 Å². The number of anilines is 1. The van der Waals surface area contributed by atoms with Gasteiger partial charge in [0.15, 0.2) is 0 Å². The van der Waals surface area contributed by atoms with Crippen molar-refractivity contribution in [3.63, 3.8) is 0 Å². The van der Waals surface area contributed by atoms with Gasteiger partial charge in [-0.2, -0.15) is 0 Å². The Bertz CT molecular complexity index is 1190. The Balaban J connectivity index is 1.74. The normalized spacial score (nSPS) is 11.0. The van der Waals surface area contributed by atoms with E-state index in [9.17, 15) is 10.1 Å². The number of benzene rings is 2. The fraction of sp³-hybridized carbons (Fsp3) is 0.174. The third-order valence-corrected chi connectivity index (χ3v) is 5.95. The lowest BCUT2D eigenvalue weighted by Gasteiger charge is -2.09. The van der Waals surface area contributed by atoms with Crippen LogP contribution >= 0.6 is 11.8 Å². The molecular formula is C23H22N4O3S. The maximum atomic E-state index is 11.5. The van der Waals surface area contributed by atoms with Crippen LogP contribution in [0.4, 0.5) is 11.4 Å². The monoisotopic (exact) mass is 434 g/mol. The Morgan fingerprint density at radius 3 is 2.81 bits per heavy atom. The summed E-state index contributed by atoms with van der Waals surface area (Å²) in [6.45, 7) is 1.99. The van der Waals surface area contributed by atoms with E-state index in [0.29, 0.717) is 24.6 Å². The topological polar surface area (TPSA) is 82.2 Å². The van der Waals surface area contributed by atoms with E-state index < -0.39 is 0 Å². The highest BCUT2D eigenvalue weighted by Crippen LogP contribution is 2.40. The Morgan fingerprint density at radius 1 is 1.16 bits per heavy atom. The summed E-state index contributed by atoms with van der Waals surface area (Å²) in [5.74, 6) is 0. The summed E-state index contributed by atoms with van der Waals surface area (Å²) < 4.78 is 7.28. The SMILES string of the molecule is COCCNc1ccc2c(Sc3ccccc3[N+](=O)[O-])cn(Cc3cccnc3)c2c1. The standard InChI is InChI=1S/C23H22N4O3S/c1-30-12-11-25-18-8-9-19-21(13-18)26(15-17-5-4-10-24-14-17)16-23(19)31-22-7-3-2-6-20(22)27(28)29/h2-10,13-14,16,25H,11-12,15H2,1H3. The highest BCUT2D eigenvalue weighted by molar-refractivity contribution is 7.99. The summed E-state index contributed by atoms with van der Waals surface area (Å²) in [4.78, 5) is 16.9. The molecule has 158 valence electrons. The van der Waals surface area contributed by atoms with Gasteiger partial charge in [0.2, 0.25) is 0 Å². The van der Waals surface area contributed by atoms with Gasteiger partial charge in [-0.25, -0.2) is 0 Å². The molecule has 0 bridgehead atoms. The number of methoxy groups -OCH3 is 1. The number of hydrogen-bond donors (Lipinski definition) is 1. The molecule has 4 aromatic rings. The number of nitrogens with zero attached hydrogens (tertiary/aromatic N) is 3. The van der Waals surface area contributed by atoms with Crippen LogP contribution < -0.4 is 5.32 Å². The van der Waals surface area contributed by atoms with Crippen molar-refractivity contribution < 1.29 is 9.66 Å². The molecule has 7 nitrogen and oxygen atoms in total. The number of pyridine rings is 1. The number of nitro benzene ring substituents is 1. The summed E-state index contributed by atoms with van der Waals surface area (Å²) in [7, 11) is 1.68. The molecule has 31 heavy (non-hydrogen) atoms. The van der Waals surface area contributed by atoms with Crippen LogP contribution in [0.2, 0.25) is 0 Å². The molecule has 0 aliphatic rings. The number of ether oxygens (including phenoxy) is 1. The molecular weight excluding hydrogens is 412 g/mol. The van der Waals surface area contributed by atoms with Gasteiger partial charge in [-0.3, -0.25) is 15.1 Å². The predicted octanol–water partition coefficient (Wildman–Crippen LogP) is 5.20. The third-order valence-electron chi connectivity index (χ3n) is 4.84. The van der Waals surface area contributed by atoms with Crippen LogP contribution in [0.15, 0.2) is 83.0 Å². The first-order chi connectivity index (χ1) is 15.2. The molecule has 1 N–H and O–H groups in total. The molecule has 0 saturated carbocycles. The average molecular weight is 435 g/mol. The molecule has 0 amide bonds. The van der Waals surface area contributed by atoms with Crippen molar-refractivity contribution in [3.05, 3.63) is 88.9 Å². The molecule has 0 radical (unpaired) electrons. The fourth-order valence-corrected chi connectivity index (χ4v) is 4.47. The minimum Gasteiger partial charge on any atom is -0.383 e. The summed E-state index contributed by atoms with van der Waals surface area (Å²) in [6.07, 6.45) is 5.66. The van der Waals surface area contributed by atoms with Gasteiger partial charge >= 0.3 is 0 Å². The summed E-state index contributed by atoms with van der Waals surface area (Å²) in [6, 6.07) is 17.0. The molecule has 2 heterocycles. The van der Waals surface area contributed by atoms with Crippen LogP contribution in [0, 0.1) is 10.1 Å². The van der Waals surface area contributed by atoms with Crippen molar-refractivity contribution in [2.24, 2.45) is 0 Å². The molecule has 0 atom stereocenters. The van der Waals surface area contributed by atoms with Crippen molar-refractivity contribution in [1.29, 1.82) is 0 Å². The molecule has 0 aliphatic carbocycles. The van der Waals surface area contributed by atoms with E-state index in [1.54, 1.807) is 25.4 Å². The first-order valence-electron chi connectivity index (χ1n) is 9.81. The Labute approximate surface area is 184 Å². The van der Waals surface area contributed by atoms with E-state index in [2.05, 4.69) is 33.2 Å². The lowest BCUT2D eigenvalue weighted by atomic mass is 10.2. The van der Waals surface area contributed by atoms with E-state index in [1.165, 1.54) is 17.8 Å². The van der Waals surface area contributed by atoms with Crippen LogP contribution in [-0.2, 0) is 11.3 Å². The van der Waals surface area contributed by atoms with Crippen molar-refractivity contribution in [2.75, 3.05) is 25.6 Å². The minimum absolute atomic E-state index is 0.110. The highest BCUT2D eigenvalue weighted by atomic mass is 32.2. The van der Waals surface area contributed by atoms with Crippen LogP contribution in [0.1, 0.15) is 5.56 Å². The lowest BCUT2D eigenvalue weighted by molar-refractivity contribution is -0.387. The molecule has 2 aromatic heterocycles. The zero-order chi connectivity index (χ0) is 21.6.